The molecule has 1 atom stereocenters. The fourth-order valence-electron chi connectivity index (χ4n) is 4.48. The van der Waals surface area contributed by atoms with Crippen LogP contribution in [0.15, 0.2) is 4.99 Å². The van der Waals surface area contributed by atoms with E-state index >= 15 is 0 Å². The summed E-state index contributed by atoms with van der Waals surface area (Å²) in [5, 5.41) is 6.50. The smallest absolute Gasteiger partial charge is 0.220 e. The molecule has 0 bridgehead atoms. The Labute approximate surface area is 181 Å². The number of carbonyl (C=O) groups is 1. The van der Waals surface area contributed by atoms with Gasteiger partial charge >= 0.3 is 0 Å². The van der Waals surface area contributed by atoms with Crippen molar-refractivity contribution in [3.05, 3.63) is 0 Å². The number of nitrogens with one attached hydrogen (secondary N) is 2. The zero-order valence-electron chi connectivity index (χ0n) is 17.0. The number of likely N-dealkylation sites (N-methyl/N-ethyl adjacent to an activating group) is 1. The van der Waals surface area contributed by atoms with Crippen molar-refractivity contribution in [3.8, 4) is 0 Å². The molecular weight excluding hydrogens is 455 g/mol. The van der Waals surface area contributed by atoms with Gasteiger partial charge in [0.05, 0.1) is 6.54 Å². The Kier molecular flexibility index (Phi) is 9.07. The van der Waals surface area contributed by atoms with Crippen molar-refractivity contribution in [1.82, 2.24) is 25.3 Å². The number of piperazine rings is 1. The van der Waals surface area contributed by atoms with Crippen LogP contribution in [-0.2, 0) is 4.79 Å². The summed E-state index contributed by atoms with van der Waals surface area (Å²) >= 11 is 0. The molecule has 0 aromatic carbocycles. The van der Waals surface area contributed by atoms with Gasteiger partial charge in [-0.25, -0.2) is 0 Å². The standard InChI is InChI=1S/C19H36N6O.HI/c1-3-20-18(21-7-9-24-12-10-23(4-2)11-13-24)25-8-5-6-19(16-25)14-17(26)22-15-19;/h3-16H2,1-2H3,(H,20,21)(H,22,26);1H. The van der Waals surface area contributed by atoms with Gasteiger partial charge in [0, 0.05) is 70.7 Å². The van der Waals surface area contributed by atoms with Gasteiger partial charge in [0.2, 0.25) is 5.91 Å². The van der Waals surface area contributed by atoms with E-state index in [0.29, 0.717) is 6.42 Å². The first-order valence-electron chi connectivity index (χ1n) is 10.4. The lowest BCUT2D eigenvalue weighted by molar-refractivity contribution is -0.119. The average molecular weight is 492 g/mol. The van der Waals surface area contributed by atoms with Crippen LogP contribution in [0.2, 0.25) is 0 Å². The highest BCUT2D eigenvalue weighted by Crippen LogP contribution is 2.35. The molecule has 2 N–H and O–H groups in total. The van der Waals surface area contributed by atoms with E-state index in [4.69, 9.17) is 4.99 Å². The van der Waals surface area contributed by atoms with Crippen LogP contribution in [0.1, 0.15) is 33.1 Å². The van der Waals surface area contributed by atoms with E-state index in [1.807, 2.05) is 0 Å². The highest BCUT2D eigenvalue weighted by molar-refractivity contribution is 14.0. The largest absolute Gasteiger partial charge is 0.357 e. The predicted octanol–water partition coefficient (Wildman–Crippen LogP) is 0.810. The first kappa shape index (κ1) is 22.7. The normalized spacial score (nSPS) is 27.6. The number of nitrogens with zero attached hydrogens (tertiary/aromatic N) is 4. The summed E-state index contributed by atoms with van der Waals surface area (Å²) in [7, 11) is 0. The fourth-order valence-corrected chi connectivity index (χ4v) is 4.48. The third-order valence-electron chi connectivity index (χ3n) is 6.08. The molecule has 1 spiro atoms. The van der Waals surface area contributed by atoms with Crippen LogP contribution in [0.5, 0.6) is 0 Å². The molecule has 8 heteroatoms. The highest BCUT2D eigenvalue weighted by Gasteiger charge is 2.42. The van der Waals surface area contributed by atoms with Crippen molar-refractivity contribution in [3.63, 3.8) is 0 Å². The number of hydrogen-bond donors (Lipinski definition) is 2. The summed E-state index contributed by atoms with van der Waals surface area (Å²) in [6.07, 6.45) is 2.95. The molecule has 156 valence electrons. The molecule has 3 rings (SSSR count). The number of likely N-dealkylation sites (tertiary alicyclic amines) is 1. The van der Waals surface area contributed by atoms with Crippen LogP contribution in [0.4, 0.5) is 0 Å². The number of rotatable bonds is 5. The summed E-state index contributed by atoms with van der Waals surface area (Å²) in [4.78, 5) is 24.1. The van der Waals surface area contributed by atoms with Crippen LogP contribution >= 0.6 is 24.0 Å². The zero-order valence-corrected chi connectivity index (χ0v) is 19.3. The summed E-state index contributed by atoms with van der Waals surface area (Å²) in [6.45, 7) is 15.7. The summed E-state index contributed by atoms with van der Waals surface area (Å²) in [6, 6.07) is 0. The Hall–Kier alpha value is -0.610. The lowest BCUT2D eigenvalue weighted by Crippen LogP contribution is -2.51. The van der Waals surface area contributed by atoms with Gasteiger partial charge in [-0.2, -0.15) is 0 Å². The van der Waals surface area contributed by atoms with Crippen LogP contribution in [0.3, 0.4) is 0 Å². The minimum Gasteiger partial charge on any atom is -0.357 e. The van der Waals surface area contributed by atoms with E-state index in [1.54, 1.807) is 0 Å². The van der Waals surface area contributed by atoms with Crippen LogP contribution in [-0.4, -0.2) is 98.6 Å². The van der Waals surface area contributed by atoms with Gasteiger partial charge in [0.15, 0.2) is 5.96 Å². The van der Waals surface area contributed by atoms with Gasteiger partial charge in [-0.15, -0.1) is 24.0 Å². The third-order valence-corrected chi connectivity index (χ3v) is 6.08. The maximum absolute atomic E-state index is 11.7. The van der Waals surface area contributed by atoms with E-state index in [9.17, 15) is 4.79 Å². The molecule has 0 saturated carbocycles. The minimum absolute atomic E-state index is 0. The molecule has 0 aromatic rings. The van der Waals surface area contributed by atoms with Crippen molar-refractivity contribution in [1.29, 1.82) is 0 Å². The molecule has 27 heavy (non-hydrogen) atoms. The Morgan fingerprint density at radius 1 is 1.19 bits per heavy atom. The Morgan fingerprint density at radius 2 is 1.93 bits per heavy atom. The monoisotopic (exact) mass is 492 g/mol. The van der Waals surface area contributed by atoms with E-state index < -0.39 is 0 Å². The van der Waals surface area contributed by atoms with E-state index in [0.717, 1.165) is 77.7 Å². The third kappa shape index (κ3) is 6.19. The molecule has 3 saturated heterocycles. The average Bonchev–Trinajstić information content (AvgIpc) is 3.01. The summed E-state index contributed by atoms with van der Waals surface area (Å²) in [5.74, 6) is 1.23. The Balaban J connectivity index is 0.00000261. The number of carbonyl (C=O) groups excluding carboxylic acids is 1. The van der Waals surface area contributed by atoms with Crippen molar-refractivity contribution in [2.45, 2.75) is 33.1 Å². The Morgan fingerprint density at radius 3 is 2.56 bits per heavy atom. The molecule has 0 aliphatic carbocycles. The van der Waals surface area contributed by atoms with Gasteiger partial charge in [-0.1, -0.05) is 6.92 Å². The second kappa shape index (κ2) is 10.8. The van der Waals surface area contributed by atoms with Crippen molar-refractivity contribution in [2.24, 2.45) is 10.4 Å². The zero-order chi connectivity index (χ0) is 18.4. The van der Waals surface area contributed by atoms with Gasteiger partial charge < -0.3 is 20.4 Å². The lowest BCUT2D eigenvalue weighted by atomic mass is 9.79. The first-order chi connectivity index (χ1) is 12.6. The quantitative estimate of drug-likeness (QED) is 0.338. The van der Waals surface area contributed by atoms with Crippen LogP contribution in [0, 0.1) is 5.41 Å². The first-order valence-corrected chi connectivity index (χ1v) is 10.4. The van der Waals surface area contributed by atoms with Gasteiger partial charge in [-0.05, 0) is 26.3 Å². The minimum atomic E-state index is 0. The lowest BCUT2D eigenvalue weighted by Gasteiger charge is -2.41. The van der Waals surface area contributed by atoms with E-state index in [1.165, 1.54) is 13.1 Å². The number of amides is 1. The summed E-state index contributed by atoms with van der Waals surface area (Å²) < 4.78 is 0. The van der Waals surface area contributed by atoms with Crippen LogP contribution in [0.25, 0.3) is 0 Å². The topological polar surface area (TPSA) is 63.2 Å². The Bertz CT molecular complexity index is 508. The summed E-state index contributed by atoms with van der Waals surface area (Å²) in [5.41, 5.74) is 0.113. The molecule has 7 nitrogen and oxygen atoms in total. The maximum Gasteiger partial charge on any atom is 0.220 e. The predicted molar refractivity (Wildman–Crippen MR) is 121 cm³/mol. The van der Waals surface area contributed by atoms with Gasteiger partial charge in [-0.3, -0.25) is 14.7 Å². The second-order valence-electron chi connectivity index (χ2n) is 7.99. The molecule has 3 aliphatic rings. The maximum atomic E-state index is 11.7. The molecule has 1 unspecified atom stereocenters. The molecule has 1 amide bonds. The van der Waals surface area contributed by atoms with Gasteiger partial charge in [0.1, 0.15) is 0 Å². The van der Waals surface area contributed by atoms with Gasteiger partial charge in [0.25, 0.3) is 0 Å². The molecule has 3 aliphatic heterocycles. The molecule has 3 fully saturated rings. The van der Waals surface area contributed by atoms with Crippen molar-refractivity contribution in [2.75, 3.05) is 72.0 Å². The number of aliphatic imine (C=N–C) groups is 1. The molecular formula is C19H37IN6O. The number of piperidine rings is 1. The van der Waals surface area contributed by atoms with Crippen molar-refractivity contribution < 1.29 is 4.79 Å². The number of guanidine groups is 1. The fraction of sp³-hybridized carbons (Fsp3) is 0.895. The highest BCUT2D eigenvalue weighted by atomic mass is 127. The molecule has 0 radical (unpaired) electrons. The molecule has 3 heterocycles. The van der Waals surface area contributed by atoms with E-state index in [2.05, 4.69) is 39.2 Å². The van der Waals surface area contributed by atoms with Crippen LogP contribution < -0.4 is 10.6 Å². The number of halogens is 1. The van der Waals surface area contributed by atoms with E-state index in [-0.39, 0.29) is 35.3 Å². The number of hydrogen-bond acceptors (Lipinski definition) is 4. The second-order valence-corrected chi connectivity index (χ2v) is 7.99. The molecule has 0 aromatic heterocycles. The SMILES string of the molecule is CCNC(=NCCN1CCN(CC)CC1)N1CCCC2(CNC(=O)C2)C1.I. The van der Waals surface area contributed by atoms with Crippen molar-refractivity contribution >= 4 is 35.8 Å².